The number of rotatable bonds is 5. The molecule has 146 valence electrons. The lowest BCUT2D eigenvalue weighted by atomic mass is 10.2. The Hall–Kier alpha value is -2.69. The van der Waals surface area contributed by atoms with Gasteiger partial charge in [-0.1, -0.05) is 5.10 Å². The van der Waals surface area contributed by atoms with E-state index in [2.05, 4.69) is 20.3 Å². The van der Waals surface area contributed by atoms with Gasteiger partial charge in [-0.3, -0.25) is 9.53 Å². The van der Waals surface area contributed by atoms with Crippen LogP contribution in [0.15, 0.2) is 28.7 Å². The van der Waals surface area contributed by atoms with Crippen molar-refractivity contribution >= 4 is 11.9 Å². The molecular weight excluding hydrogens is 372 g/mol. The van der Waals surface area contributed by atoms with Crippen molar-refractivity contribution in [2.45, 2.75) is 31.9 Å². The first-order valence-corrected chi connectivity index (χ1v) is 8.10. The van der Waals surface area contributed by atoms with Gasteiger partial charge in [-0.25, -0.2) is 4.39 Å². The number of ether oxygens (including phenoxy) is 1. The van der Waals surface area contributed by atoms with Gasteiger partial charge >= 0.3 is 12.4 Å². The van der Waals surface area contributed by atoms with E-state index in [0.29, 0.717) is 5.56 Å². The molecule has 0 bridgehead atoms. The maximum Gasteiger partial charge on any atom is 0.522 e. The Morgan fingerprint density at radius 2 is 2.04 bits per heavy atom. The third-order valence-corrected chi connectivity index (χ3v) is 3.98. The number of halogens is 4. The Morgan fingerprint density at radius 3 is 2.70 bits per heavy atom. The molecule has 3 rings (SSSR count). The lowest BCUT2D eigenvalue weighted by Gasteiger charge is -2.21. The predicted molar refractivity (Wildman–Crippen MR) is 84.9 cm³/mol. The van der Waals surface area contributed by atoms with Crippen molar-refractivity contribution in [3.63, 3.8) is 0 Å². The van der Waals surface area contributed by atoms with Crippen LogP contribution in [-0.2, 0) is 9.53 Å². The van der Waals surface area contributed by atoms with Crippen molar-refractivity contribution in [1.29, 1.82) is 0 Å². The Morgan fingerprint density at radius 1 is 1.33 bits per heavy atom. The summed E-state index contributed by atoms with van der Waals surface area (Å²) in [7, 11) is 0. The van der Waals surface area contributed by atoms with Gasteiger partial charge in [-0.05, 0) is 37.6 Å². The number of benzene rings is 1. The molecule has 2 atom stereocenters. The number of nitrogens with one attached hydrogen (secondary N) is 1. The lowest BCUT2D eigenvalue weighted by Crippen LogP contribution is -2.41. The van der Waals surface area contributed by atoms with Crippen molar-refractivity contribution in [2.75, 3.05) is 18.4 Å². The van der Waals surface area contributed by atoms with Crippen LogP contribution in [0.4, 0.5) is 23.6 Å². The van der Waals surface area contributed by atoms with Crippen LogP contribution < -0.4 is 5.32 Å². The van der Waals surface area contributed by atoms with E-state index >= 15 is 0 Å². The van der Waals surface area contributed by atoms with Crippen molar-refractivity contribution in [3.05, 3.63) is 30.1 Å². The molecular formula is C16H16F4N4O3. The molecule has 0 aliphatic carbocycles. The minimum absolute atomic E-state index is 0.0301. The third-order valence-electron chi connectivity index (χ3n) is 3.98. The molecule has 2 heterocycles. The zero-order valence-corrected chi connectivity index (χ0v) is 14.2. The molecule has 1 fully saturated rings. The van der Waals surface area contributed by atoms with Gasteiger partial charge in [0.2, 0.25) is 11.8 Å². The summed E-state index contributed by atoms with van der Waals surface area (Å²) in [5, 5.41) is 10.3. The molecule has 2 aromatic rings. The molecule has 0 unspecified atom stereocenters. The topological polar surface area (TPSA) is 80.5 Å². The van der Waals surface area contributed by atoms with Gasteiger partial charge in [0.05, 0.1) is 6.10 Å². The van der Waals surface area contributed by atoms with Gasteiger partial charge in [0.25, 0.3) is 0 Å². The summed E-state index contributed by atoms with van der Waals surface area (Å²) in [5.74, 6) is -0.684. The van der Waals surface area contributed by atoms with Gasteiger partial charge < -0.3 is 14.6 Å². The van der Waals surface area contributed by atoms with E-state index in [0.717, 1.165) is 0 Å². The standard InChI is InChI=1S/C16H16F4N4O3/c1-9(14(25)24-7-6-12(8-24)27-16(18,19)20)21-15-23-22-13(26-15)10-2-4-11(17)5-3-10/h2-5,9,12H,6-8H2,1H3,(H,21,23)/t9-,12+/m1/s1. The number of hydrogen-bond acceptors (Lipinski definition) is 6. The maximum atomic E-state index is 12.9. The van der Waals surface area contributed by atoms with Gasteiger partial charge in [0, 0.05) is 18.7 Å². The molecule has 1 N–H and O–H groups in total. The van der Waals surface area contributed by atoms with Crippen LogP contribution in [0.5, 0.6) is 0 Å². The summed E-state index contributed by atoms with van der Waals surface area (Å²) in [4.78, 5) is 13.7. The van der Waals surface area contributed by atoms with Gasteiger partial charge in [-0.15, -0.1) is 18.3 Å². The second-order valence-electron chi connectivity index (χ2n) is 6.04. The van der Waals surface area contributed by atoms with Gasteiger partial charge in [-0.2, -0.15) is 0 Å². The van der Waals surface area contributed by atoms with Gasteiger partial charge in [0.1, 0.15) is 11.9 Å². The summed E-state index contributed by atoms with van der Waals surface area (Å²) < 4.78 is 59.1. The molecule has 11 heteroatoms. The number of alkyl halides is 3. The monoisotopic (exact) mass is 388 g/mol. The summed E-state index contributed by atoms with van der Waals surface area (Å²) in [5.41, 5.74) is 0.502. The fraction of sp³-hybridized carbons (Fsp3) is 0.438. The number of amides is 1. The molecule has 27 heavy (non-hydrogen) atoms. The molecule has 1 aromatic carbocycles. The molecule has 1 amide bonds. The Bertz CT molecular complexity index is 794. The Labute approximate surface area is 151 Å². The van der Waals surface area contributed by atoms with Crippen molar-refractivity contribution in [3.8, 4) is 11.5 Å². The first kappa shape index (κ1) is 19.1. The van der Waals surface area contributed by atoms with E-state index in [4.69, 9.17) is 4.42 Å². The highest BCUT2D eigenvalue weighted by Gasteiger charge is 2.38. The first-order valence-electron chi connectivity index (χ1n) is 8.10. The first-order chi connectivity index (χ1) is 12.7. The fourth-order valence-electron chi connectivity index (χ4n) is 2.73. The molecule has 1 aliphatic rings. The summed E-state index contributed by atoms with van der Waals surface area (Å²) in [6, 6.07) is 4.59. The molecule has 0 radical (unpaired) electrons. The zero-order chi connectivity index (χ0) is 19.6. The van der Waals surface area contributed by atoms with E-state index < -0.39 is 30.2 Å². The number of carbonyl (C=O) groups is 1. The minimum Gasteiger partial charge on any atom is -0.403 e. The second-order valence-corrected chi connectivity index (χ2v) is 6.04. The fourth-order valence-corrected chi connectivity index (χ4v) is 2.73. The molecule has 1 aliphatic heterocycles. The second kappa shape index (κ2) is 7.51. The largest absolute Gasteiger partial charge is 0.522 e. The van der Waals surface area contributed by atoms with Crippen molar-refractivity contribution in [1.82, 2.24) is 15.1 Å². The predicted octanol–water partition coefficient (Wildman–Crippen LogP) is 2.81. The van der Waals surface area contributed by atoms with Crippen LogP contribution >= 0.6 is 0 Å². The number of hydrogen-bond donors (Lipinski definition) is 1. The molecule has 0 spiro atoms. The minimum atomic E-state index is -4.73. The summed E-state index contributed by atoms with van der Waals surface area (Å²) in [6.07, 6.45) is -5.70. The van der Waals surface area contributed by atoms with Gasteiger partial charge in [0.15, 0.2) is 0 Å². The average Bonchev–Trinajstić information content (AvgIpc) is 3.23. The van der Waals surface area contributed by atoms with E-state index in [1.54, 1.807) is 0 Å². The number of aromatic nitrogens is 2. The Kier molecular flexibility index (Phi) is 5.31. The Balaban J connectivity index is 1.57. The quantitative estimate of drug-likeness (QED) is 0.794. The number of likely N-dealkylation sites (tertiary alicyclic amines) is 1. The number of carbonyl (C=O) groups excluding carboxylic acids is 1. The molecule has 0 saturated carbocycles. The normalized spacial score (nSPS) is 18.6. The molecule has 1 saturated heterocycles. The lowest BCUT2D eigenvalue weighted by molar-refractivity contribution is -0.340. The summed E-state index contributed by atoms with van der Waals surface area (Å²) in [6.45, 7) is 1.55. The highest BCUT2D eigenvalue weighted by molar-refractivity contribution is 5.84. The van der Waals surface area contributed by atoms with E-state index in [9.17, 15) is 22.4 Å². The SMILES string of the molecule is C[C@@H](Nc1nnc(-c2ccc(F)cc2)o1)C(=O)N1CC[C@H](OC(F)(F)F)C1. The summed E-state index contributed by atoms with van der Waals surface area (Å²) >= 11 is 0. The molecule has 1 aromatic heterocycles. The highest BCUT2D eigenvalue weighted by Crippen LogP contribution is 2.25. The van der Waals surface area contributed by atoms with Crippen LogP contribution in [0.25, 0.3) is 11.5 Å². The van der Waals surface area contributed by atoms with E-state index in [1.807, 2.05) is 0 Å². The van der Waals surface area contributed by atoms with Crippen LogP contribution in [0.2, 0.25) is 0 Å². The molecule has 7 nitrogen and oxygen atoms in total. The average molecular weight is 388 g/mol. The van der Waals surface area contributed by atoms with Crippen LogP contribution in [-0.4, -0.2) is 52.6 Å². The van der Waals surface area contributed by atoms with Crippen LogP contribution in [0.3, 0.4) is 0 Å². The van der Waals surface area contributed by atoms with Crippen LogP contribution in [0.1, 0.15) is 13.3 Å². The number of anilines is 1. The number of nitrogens with zero attached hydrogens (tertiary/aromatic N) is 3. The van der Waals surface area contributed by atoms with Crippen molar-refractivity contribution < 1.29 is 31.5 Å². The van der Waals surface area contributed by atoms with E-state index in [1.165, 1.54) is 36.1 Å². The third kappa shape index (κ3) is 4.94. The smallest absolute Gasteiger partial charge is 0.403 e. The van der Waals surface area contributed by atoms with E-state index in [-0.39, 0.29) is 31.4 Å². The highest BCUT2D eigenvalue weighted by atomic mass is 19.4. The van der Waals surface area contributed by atoms with Crippen molar-refractivity contribution in [2.24, 2.45) is 0 Å². The maximum absolute atomic E-state index is 12.9. The van der Waals surface area contributed by atoms with Crippen LogP contribution in [0, 0.1) is 5.82 Å². The zero-order valence-electron chi connectivity index (χ0n) is 14.2.